The van der Waals surface area contributed by atoms with Crippen molar-refractivity contribution in [3.05, 3.63) is 55.6 Å². The van der Waals surface area contributed by atoms with Crippen LogP contribution in [-0.2, 0) is 0 Å². The van der Waals surface area contributed by atoms with Gasteiger partial charge in [-0.15, -0.1) is 0 Å². The van der Waals surface area contributed by atoms with E-state index in [1.807, 2.05) is 0 Å². The van der Waals surface area contributed by atoms with Crippen LogP contribution < -0.4 is 0 Å². The number of phenolic OH excluding ortho intramolecular Hbond substituents is 2. The Balaban J connectivity index is 3.46. The number of benzene rings is 2. The van der Waals surface area contributed by atoms with E-state index in [4.69, 9.17) is 0 Å². The Morgan fingerprint density at radius 2 is 0.500 bits per heavy atom. The number of carbonyl (C=O) groups is 1. The van der Waals surface area contributed by atoms with E-state index in [9.17, 15) is 10.2 Å². The SMILES string of the molecule is CC(C)c1c(O)c(C(C)C)c(C(C)C)c(C(=O)c2c(C(C)C)c(C(C)C)c(O)c(C(C)C)c2C(C)C)c1C(C)C. The second-order valence-electron chi connectivity index (χ2n) is 14.3. The highest BCUT2D eigenvalue weighted by atomic mass is 16.3. The van der Waals surface area contributed by atoms with Gasteiger partial charge in [0.1, 0.15) is 11.5 Å². The standard InChI is InChI=1S/C37H58O3/c1-17(2)25-29(21(9)10)35(38)30(22(11)12)26(18(3)4)33(25)37(40)34-27(19(5)6)31(23(13)14)36(39)32(24(15)16)28(34)20(7)8/h17-24,38-39H,1-16H3. The minimum Gasteiger partial charge on any atom is -0.507 e. The van der Waals surface area contributed by atoms with Gasteiger partial charge in [0, 0.05) is 33.4 Å². The first kappa shape index (κ1) is 33.9. The Labute approximate surface area is 245 Å². The fourth-order valence-electron chi connectivity index (χ4n) is 6.98. The molecule has 0 amide bonds. The molecule has 0 radical (unpaired) electrons. The van der Waals surface area contributed by atoms with E-state index >= 15 is 4.79 Å². The van der Waals surface area contributed by atoms with Gasteiger partial charge in [-0.3, -0.25) is 4.79 Å². The van der Waals surface area contributed by atoms with Crippen LogP contribution in [0.15, 0.2) is 0 Å². The lowest BCUT2D eigenvalue weighted by molar-refractivity contribution is 0.103. The van der Waals surface area contributed by atoms with Crippen molar-refractivity contribution in [3.63, 3.8) is 0 Å². The van der Waals surface area contributed by atoms with Crippen LogP contribution in [0.1, 0.15) is 219 Å². The highest BCUT2D eigenvalue weighted by molar-refractivity contribution is 6.14. The van der Waals surface area contributed by atoms with E-state index < -0.39 is 0 Å². The normalized spacial score (nSPS) is 12.6. The molecule has 0 fully saturated rings. The summed E-state index contributed by atoms with van der Waals surface area (Å²) in [7, 11) is 0. The topological polar surface area (TPSA) is 57.5 Å². The first-order valence-corrected chi connectivity index (χ1v) is 15.7. The molecule has 2 N–H and O–H groups in total. The van der Waals surface area contributed by atoms with Crippen molar-refractivity contribution in [3.8, 4) is 11.5 Å². The average Bonchev–Trinajstić information content (AvgIpc) is 2.80. The third-order valence-corrected chi connectivity index (χ3v) is 8.33. The van der Waals surface area contributed by atoms with Gasteiger partial charge in [0.15, 0.2) is 5.78 Å². The van der Waals surface area contributed by atoms with Crippen molar-refractivity contribution in [1.82, 2.24) is 0 Å². The third-order valence-electron chi connectivity index (χ3n) is 8.33. The Kier molecular flexibility index (Phi) is 10.8. The maximum Gasteiger partial charge on any atom is 0.194 e. The maximum absolute atomic E-state index is 15.5. The molecule has 0 aliphatic rings. The molecule has 0 spiro atoms. The zero-order valence-electron chi connectivity index (χ0n) is 28.4. The number of rotatable bonds is 10. The summed E-state index contributed by atoms with van der Waals surface area (Å²) in [6.45, 7) is 34.0. The summed E-state index contributed by atoms with van der Waals surface area (Å²) in [4.78, 5) is 15.5. The average molecular weight is 551 g/mol. The van der Waals surface area contributed by atoms with Crippen LogP contribution in [0, 0.1) is 0 Å². The molecular formula is C37H58O3. The van der Waals surface area contributed by atoms with Crippen LogP contribution in [0.3, 0.4) is 0 Å². The van der Waals surface area contributed by atoms with Crippen LogP contribution in [0.5, 0.6) is 11.5 Å². The fourth-order valence-corrected chi connectivity index (χ4v) is 6.98. The molecule has 40 heavy (non-hydrogen) atoms. The summed E-state index contributed by atoms with van der Waals surface area (Å²) in [5, 5.41) is 23.6. The van der Waals surface area contributed by atoms with E-state index in [1.54, 1.807) is 0 Å². The molecule has 224 valence electrons. The van der Waals surface area contributed by atoms with E-state index in [0.29, 0.717) is 11.5 Å². The highest BCUT2D eigenvalue weighted by Crippen LogP contribution is 2.50. The van der Waals surface area contributed by atoms with Gasteiger partial charge in [0.05, 0.1) is 0 Å². The molecule has 2 aromatic rings. The van der Waals surface area contributed by atoms with Gasteiger partial charge in [0.25, 0.3) is 0 Å². The number of hydrogen-bond acceptors (Lipinski definition) is 3. The number of phenols is 2. The minimum atomic E-state index is 0.0485. The van der Waals surface area contributed by atoms with Crippen molar-refractivity contribution >= 4 is 5.78 Å². The molecule has 0 bridgehead atoms. The monoisotopic (exact) mass is 550 g/mol. The van der Waals surface area contributed by atoms with Crippen LogP contribution in [0.25, 0.3) is 0 Å². The molecule has 3 nitrogen and oxygen atoms in total. The van der Waals surface area contributed by atoms with E-state index in [1.165, 1.54) is 0 Å². The summed E-state index contributed by atoms with van der Waals surface area (Å²) in [6.07, 6.45) is 0. The van der Waals surface area contributed by atoms with E-state index in [-0.39, 0.29) is 53.1 Å². The summed E-state index contributed by atoms with van der Waals surface area (Å²) in [5.41, 5.74) is 9.03. The largest absolute Gasteiger partial charge is 0.507 e. The number of aromatic hydroxyl groups is 2. The predicted octanol–water partition coefficient (Wildman–Crippen LogP) is 11.3. The molecule has 0 aliphatic heterocycles. The second-order valence-corrected chi connectivity index (χ2v) is 14.3. The molecule has 0 aliphatic carbocycles. The van der Waals surface area contributed by atoms with Crippen molar-refractivity contribution < 1.29 is 15.0 Å². The molecule has 0 heterocycles. The minimum absolute atomic E-state index is 0.0485. The molecule has 0 unspecified atom stereocenters. The van der Waals surface area contributed by atoms with Gasteiger partial charge < -0.3 is 10.2 Å². The van der Waals surface area contributed by atoms with Crippen LogP contribution >= 0.6 is 0 Å². The van der Waals surface area contributed by atoms with E-state index in [2.05, 4.69) is 111 Å². The first-order chi connectivity index (χ1) is 18.3. The quantitative estimate of drug-likeness (QED) is 0.289. The molecule has 0 aromatic heterocycles. The zero-order chi connectivity index (χ0) is 31.1. The molecule has 0 atom stereocenters. The molecule has 2 rings (SSSR count). The number of ketones is 1. The van der Waals surface area contributed by atoms with Crippen molar-refractivity contribution in [1.29, 1.82) is 0 Å². The maximum atomic E-state index is 15.5. The van der Waals surface area contributed by atoms with Crippen molar-refractivity contribution in [2.45, 2.75) is 158 Å². The highest BCUT2D eigenvalue weighted by Gasteiger charge is 2.37. The summed E-state index contributed by atoms with van der Waals surface area (Å²) in [6, 6.07) is 0. The molecule has 0 saturated carbocycles. The van der Waals surface area contributed by atoms with Crippen molar-refractivity contribution in [2.75, 3.05) is 0 Å². The fraction of sp³-hybridized carbons (Fsp3) is 0.649. The van der Waals surface area contributed by atoms with E-state index in [0.717, 1.165) is 55.6 Å². The Hall–Kier alpha value is -2.29. The molecular weight excluding hydrogens is 492 g/mol. The third kappa shape index (κ3) is 5.86. The van der Waals surface area contributed by atoms with Crippen LogP contribution in [-0.4, -0.2) is 16.0 Å². The van der Waals surface area contributed by atoms with Gasteiger partial charge in [0.2, 0.25) is 0 Å². The zero-order valence-corrected chi connectivity index (χ0v) is 28.4. The molecule has 2 aromatic carbocycles. The summed E-state index contributed by atoms with van der Waals surface area (Å²) in [5.74, 6) is 1.24. The van der Waals surface area contributed by atoms with Crippen LogP contribution in [0.4, 0.5) is 0 Å². The number of carbonyl (C=O) groups excluding carboxylic acids is 1. The lowest BCUT2D eigenvalue weighted by atomic mass is 9.70. The van der Waals surface area contributed by atoms with Gasteiger partial charge in [-0.05, 0) is 69.6 Å². The summed E-state index contributed by atoms with van der Waals surface area (Å²) < 4.78 is 0. The Morgan fingerprint density at radius 3 is 0.625 bits per heavy atom. The van der Waals surface area contributed by atoms with Gasteiger partial charge in [-0.1, -0.05) is 111 Å². The van der Waals surface area contributed by atoms with Gasteiger partial charge in [-0.25, -0.2) is 0 Å². The molecule has 3 heteroatoms. The smallest absolute Gasteiger partial charge is 0.194 e. The lowest BCUT2D eigenvalue weighted by Gasteiger charge is -2.33. The van der Waals surface area contributed by atoms with Gasteiger partial charge >= 0.3 is 0 Å². The predicted molar refractivity (Wildman–Crippen MR) is 172 cm³/mol. The van der Waals surface area contributed by atoms with Gasteiger partial charge in [-0.2, -0.15) is 0 Å². The lowest BCUT2D eigenvalue weighted by Crippen LogP contribution is -2.23. The Bertz CT molecular complexity index is 1060. The second kappa shape index (κ2) is 12.7. The molecule has 0 saturated heterocycles. The van der Waals surface area contributed by atoms with Crippen molar-refractivity contribution in [2.24, 2.45) is 0 Å². The Morgan fingerprint density at radius 1 is 0.350 bits per heavy atom. The summed E-state index contributed by atoms with van der Waals surface area (Å²) >= 11 is 0. The van der Waals surface area contributed by atoms with Crippen LogP contribution in [0.2, 0.25) is 0 Å². The first-order valence-electron chi connectivity index (χ1n) is 15.7. The number of hydrogen-bond donors (Lipinski definition) is 2.